The zero-order valence-electron chi connectivity index (χ0n) is 16.7. The van der Waals surface area contributed by atoms with Gasteiger partial charge in [0.15, 0.2) is 0 Å². The highest BCUT2D eigenvalue weighted by Gasteiger charge is 2.20. The highest BCUT2D eigenvalue weighted by Crippen LogP contribution is 2.17. The van der Waals surface area contributed by atoms with Crippen molar-refractivity contribution in [2.24, 2.45) is 0 Å². The summed E-state index contributed by atoms with van der Waals surface area (Å²) in [6, 6.07) is 0. The van der Waals surface area contributed by atoms with Gasteiger partial charge in [-0.2, -0.15) is 0 Å². The molecule has 154 valence electrons. The zero-order chi connectivity index (χ0) is 20.2. The molecule has 2 rings (SSSR count). The summed E-state index contributed by atoms with van der Waals surface area (Å²) >= 11 is 0. The Morgan fingerprint density at radius 3 is 1.00 bits per heavy atom. The lowest BCUT2D eigenvalue weighted by molar-refractivity contribution is -0.125. The molecule has 0 saturated heterocycles. The number of carbonyl (C=O) groups excluding carboxylic acids is 4. The maximum absolute atomic E-state index is 11.4. The van der Waals surface area contributed by atoms with Crippen LogP contribution in [0.5, 0.6) is 0 Å². The summed E-state index contributed by atoms with van der Waals surface area (Å²) in [4.78, 5) is 44.9. The summed E-state index contributed by atoms with van der Waals surface area (Å²) in [7, 11) is 0. The van der Waals surface area contributed by atoms with E-state index < -0.39 is 0 Å². The van der Waals surface area contributed by atoms with E-state index in [4.69, 9.17) is 0 Å². The smallest absolute Gasteiger partial charge is 0.254 e. The average molecular weight is 389 g/mol. The molecule has 0 bridgehead atoms. The molecule has 4 amide bonds. The van der Waals surface area contributed by atoms with Crippen molar-refractivity contribution < 1.29 is 19.2 Å². The lowest BCUT2D eigenvalue weighted by Crippen LogP contribution is -2.22. The van der Waals surface area contributed by atoms with Gasteiger partial charge in [0, 0.05) is 23.3 Å². The molecule has 2 N–H and O–H groups in total. The molecule has 0 radical (unpaired) electrons. The van der Waals surface area contributed by atoms with Gasteiger partial charge in [-0.1, -0.05) is 64.2 Å². The number of carbonyl (C=O) groups is 4. The second-order valence-electron chi connectivity index (χ2n) is 7.72. The van der Waals surface area contributed by atoms with Gasteiger partial charge >= 0.3 is 0 Å². The summed E-state index contributed by atoms with van der Waals surface area (Å²) in [5.41, 5.74) is 1.25. The number of amides is 4. The summed E-state index contributed by atoms with van der Waals surface area (Å²) < 4.78 is 0. The van der Waals surface area contributed by atoms with Crippen molar-refractivity contribution >= 4 is 23.6 Å². The van der Waals surface area contributed by atoms with Gasteiger partial charge in [-0.15, -0.1) is 0 Å². The van der Waals surface area contributed by atoms with Crippen LogP contribution in [0.1, 0.15) is 89.9 Å². The van der Waals surface area contributed by atoms with Crippen molar-refractivity contribution in [1.82, 2.24) is 10.6 Å². The Bertz CT molecular complexity index is 593. The summed E-state index contributed by atoms with van der Waals surface area (Å²) in [6.07, 6.45) is 18.3. The molecule has 0 saturated carbocycles. The monoisotopic (exact) mass is 388 g/mol. The molecular weight excluding hydrogens is 356 g/mol. The Hall–Kier alpha value is -2.24. The lowest BCUT2D eigenvalue weighted by atomic mass is 10.0. The predicted octanol–water partition coefficient (Wildman–Crippen LogP) is 3.61. The van der Waals surface area contributed by atoms with E-state index in [2.05, 4.69) is 10.6 Å². The number of hydrogen-bond donors (Lipinski definition) is 2. The van der Waals surface area contributed by atoms with Crippen LogP contribution < -0.4 is 10.6 Å². The van der Waals surface area contributed by atoms with Crippen molar-refractivity contribution in [2.45, 2.75) is 89.9 Å². The Kier molecular flexibility index (Phi) is 9.66. The van der Waals surface area contributed by atoms with Crippen LogP contribution >= 0.6 is 0 Å². The van der Waals surface area contributed by atoms with Crippen molar-refractivity contribution in [3.05, 3.63) is 23.3 Å². The molecule has 0 spiro atoms. The predicted molar refractivity (Wildman–Crippen MR) is 107 cm³/mol. The maximum atomic E-state index is 11.4. The van der Waals surface area contributed by atoms with Crippen LogP contribution in [0.3, 0.4) is 0 Å². The first-order valence-corrected chi connectivity index (χ1v) is 10.7. The third-order valence-electron chi connectivity index (χ3n) is 5.31. The van der Waals surface area contributed by atoms with Crippen LogP contribution in [0, 0.1) is 0 Å². The normalized spacial score (nSPS) is 16.3. The van der Waals surface area contributed by atoms with Gasteiger partial charge in [0.2, 0.25) is 0 Å². The molecule has 0 atom stereocenters. The minimum atomic E-state index is -0.282. The fourth-order valence-corrected chi connectivity index (χ4v) is 3.67. The van der Waals surface area contributed by atoms with E-state index in [0.717, 1.165) is 25.7 Å². The van der Waals surface area contributed by atoms with E-state index in [-0.39, 0.29) is 23.6 Å². The van der Waals surface area contributed by atoms with Crippen LogP contribution in [-0.2, 0) is 19.2 Å². The van der Waals surface area contributed by atoms with E-state index in [1.165, 1.54) is 63.5 Å². The molecule has 2 aliphatic rings. The molecule has 0 aliphatic carbocycles. The fourth-order valence-electron chi connectivity index (χ4n) is 3.67. The fraction of sp³-hybridized carbons (Fsp3) is 0.636. The van der Waals surface area contributed by atoms with Gasteiger partial charge in [-0.25, -0.2) is 0 Å². The molecule has 0 aromatic rings. The van der Waals surface area contributed by atoms with Crippen molar-refractivity contribution in [1.29, 1.82) is 0 Å². The maximum Gasteiger partial charge on any atom is 0.254 e. The standard InChI is InChI=1S/C22H32N2O4/c25-19-15-17(21(27)23-19)13-11-9-7-5-3-1-2-4-6-8-10-12-14-18-16-20(26)24-22(18)28/h15-16H,1-14H2,(H,23,25,27)(H,24,26,28). The second-order valence-corrected chi connectivity index (χ2v) is 7.72. The first kappa shape index (κ1) is 22.1. The molecule has 28 heavy (non-hydrogen) atoms. The highest BCUT2D eigenvalue weighted by atomic mass is 16.2. The second kappa shape index (κ2) is 12.3. The van der Waals surface area contributed by atoms with Gasteiger partial charge in [0.05, 0.1) is 0 Å². The molecule has 0 unspecified atom stereocenters. The molecule has 6 nitrogen and oxygen atoms in total. The molecule has 0 aromatic carbocycles. The van der Waals surface area contributed by atoms with E-state index in [0.29, 0.717) is 24.0 Å². The molecule has 2 heterocycles. The van der Waals surface area contributed by atoms with Gasteiger partial charge in [0.25, 0.3) is 23.6 Å². The number of unbranched alkanes of at least 4 members (excludes halogenated alkanes) is 11. The number of imide groups is 2. The minimum absolute atomic E-state index is 0.221. The Morgan fingerprint density at radius 1 is 0.464 bits per heavy atom. The Balaban J connectivity index is 1.31. The Morgan fingerprint density at radius 2 is 0.750 bits per heavy atom. The molecule has 0 fully saturated rings. The minimum Gasteiger partial charge on any atom is -0.289 e. The third kappa shape index (κ3) is 8.19. The van der Waals surface area contributed by atoms with E-state index >= 15 is 0 Å². The SMILES string of the molecule is O=C1C=C(CCCCCCCCCCCCCCC2=CC(=O)NC2=O)C(=O)N1. The van der Waals surface area contributed by atoms with Crippen LogP contribution in [0.15, 0.2) is 23.3 Å². The topological polar surface area (TPSA) is 92.3 Å². The van der Waals surface area contributed by atoms with Crippen molar-refractivity contribution in [3.63, 3.8) is 0 Å². The number of rotatable bonds is 15. The molecule has 2 aliphatic heterocycles. The van der Waals surface area contributed by atoms with E-state index in [9.17, 15) is 19.2 Å². The van der Waals surface area contributed by atoms with Gasteiger partial charge in [0.1, 0.15) is 0 Å². The van der Waals surface area contributed by atoms with Crippen LogP contribution in [-0.4, -0.2) is 23.6 Å². The third-order valence-corrected chi connectivity index (χ3v) is 5.31. The first-order chi connectivity index (χ1) is 13.6. The summed E-state index contributed by atoms with van der Waals surface area (Å²) in [6.45, 7) is 0. The number of nitrogens with one attached hydrogen (secondary N) is 2. The first-order valence-electron chi connectivity index (χ1n) is 10.7. The molecular formula is C22H32N2O4. The Labute approximate surface area is 167 Å². The quantitative estimate of drug-likeness (QED) is 0.331. The van der Waals surface area contributed by atoms with Crippen molar-refractivity contribution in [3.8, 4) is 0 Å². The average Bonchev–Trinajstić information content (AvgIpc) is 3.14. The lowest BCUT2D eigenvalue weighted by Gasteiger charge is -2.04. The van der Waals surface area contributed by atoms with Gasteiger partial charge < -0.3 is 0 Å². The van der Waals surface area contributed by atoms with Gasteiger partial charge in [-0.3, -0.25) is 29.8 Å². The number of hydrogen-bond acceptors (Lipinski definition) is 4. The summed E-state index contributed by atoms with van der Waals surface area (Å²) in [5.74, 6) is -1.01. The molecule has 0 aromatic heterocycles. The van der Waals surface area contributed by atoms with E-state index in [1.807, 2.05) is 0 Å². The van der Waals surface area contributed by atoms with Crippen LogP contribution in [0.2, 0.25) is 0 Å². The molecule has 6 heteroatoms. The van der Waals surface area contributed by atoms with E-state index in [1.54, 1.807) is 0 Å². The van der Waals surface area contributed by atoms with Crippen molar-refractivity contribution in [2.75, 3.05) is 0 Å². The van der Waals surface area contributed by atoms with Crippen LogP contribution in [0.25, 0.3) is 0 Å². The van der Waals surface area contributed by atoms with Gasteiger partial charge in [-0.05, 0) is 25.7 Å². The zero-order valence-corrected chi connectivity index (χ0v) is 16.7. The largest absolute Gasteiger partial charge is 0.289 e. The highest BCUT2D eigenvalue weighted by molar-refractivity contribution is 6.16. The summed E-state index contributed by atoms with van der Waals surface area (Å²) in [5, 5.41) is 4.56. The van der Waals surface area contributed by atoms with Crippen LogP contribution in [0.4, 0.5) is 0 Å².